The van der Waals surface area contributed by atoms with Crippen LogP contribution in [0.1, 0.15) is 0 Å². The monoisotopic (exact) mass is 328 g/mol. The molecule has 0 saturated heterocycles. The van der Waals surface area contributed by atoms with Crippen molar-refractivity contribution in [3.05, 3.63) is 20.6 Å². The second-order valence-corrected chi connectivity index (χ2v) is 4.55. The normalized spacial score (nSPS) is 11.1. The summed E-state index contributed by atoms with van der Waals surface area (Å²) in [4.78, 5) is 0. The summed E-state index contributed by atoms with van der Waals surface area (Å²) in [5, 5.41) is 3.48. The van der Waals surface area contributed by atoms with Gasteiger partial charge < -0.3 is 0 Å². The number of hydrogen-bond acceptors (Lipinski definition) is 3. The van der Waals surface area contributed by atoms with Gasteiger partial charge in [-0.2, -0.15) is 0 Å². The van der Waals surface area contributed by atoms with Crippen molar-refractivity contribution in [2.24, 2.45) is 0 Å². The lowest BCUT2D eigenvalue weighted by molar-refractivity contribution is 0.510. The third-order valence-electron chi connectivity index (χ3n) is 1.47. The van der Waals surface area contributed by atoms with Crippen LogP contribution in [0.4, 0.5) is 8.78 Å². The third kappa shape index (κ3) is 1.29. The second kappa shape index (κ2) is 3.21. The quantitative estimate of drug-likeness (QED) is 0.546. The molecule has 68 valence electrons. The van der Waals surface area contributed by atoms with Crippen molar-refractivity contribution in [1.82, 2.24) is 9.59 Å². The van der Waals surface area contributed by atoms with Crippen LogP contribution in [0.3, 0.4) is 0 Å². The minimum absolute atomic E-state index is 0.0439. The summed E-state index contributed by atoms with van der Waals surface area (Å²) < 4.78 is 30.8. The summed E-state index contributed by atoms with van der Waals surface area (Å²) in [5.74, 6) is -1.93. The molecule has 0 fully saturated rings. The molecule has 0 N–H and O–H groups in total. The SMILES string of the molecule is Fc1c(Br)c(Br)c2snnc2c1F. The highest BCUT2D eigenvalue weighted by Crippen LogP contribution is 2.36. The molecule has 0 aliphatic rings. The highest BCUT2D eigenvalue weighted by molar-refractivity contribution is 9.13. The maximum Gasteiger partial charge on any atom is 0.189 e. The summed E-state index contributed by atoms with van der Waals surface area (Å²) >= 11 is 7.05. The van der Waals surface area contributed by atoms with Gasteiger partial charge in [0.1, 0.15) is 5.52 Å². The van der Waals surface area contributed by atoms with Gasteiger partial charge in [0.25, 0.3) is 0 Å². The first-order valence-corrected chi connectivity index (χ1v) is 5.43. The van der Waals surface area contributed by atoms with Crippen molar-refractivity contribution >= 4 is 53.6 Å². The van der Waals surface area contributed by atoms with Crippen molar-refractivity contribution in [3.8, 4) is 0 Å². The molecule has 2 rings (SSSR count). The van der Waals surface area contributed by atoms with E-state index in [0.717, 1.165) is 11.5 Å². The number of rotatable bonds is 0. The van der Waals surface area contributed by atoms with Gasteiger partial charge in [-0.25, -0.2) is 8.78 Å². The zero-order valence-corrected chi connectivity index (χ0v) is 9.80. The molecule has 0 radical (unpaired) electrons. The maximum atomic E-state index is 13.2. The second-order valence-electron chi connectivity index (χ2n) is 2.21. The molecule has 0 aliphatic carbocycles. The van der Waals surface area contributed by atoms with E-state index in [4.69, 9.17) is 0 Å². The average molecular weight is 330 g/mol. The smallest absolute Gasteiger partial charge is 0.189 e. The first-order chi connectivity index (χ1) is 6.13. The Morgan fingerprint density at radius 1 is 1.08 bits per heavy atom. The Morgan fingerprint density at radius 2 is 1.77 bits per heavy atom. The molecule has 0 saturated carbocycles. The summed E-state index contributed by atoms with van der Waals surface area (Å²) in [5.41, 5.74) is -0.0439. The summed E-state index contributed by atoms with van der Waals surface area (Å²) in [7, 11) is 0. The first kappa shape index (κ1) is 9.42. The molecule has 13 heavy (non-hydrogen) atoms. The van der Waals surface area contributed by atoms with Crippen LogP contribution in [-0.4, -0.2) is 9.59 Å². The number of fused-ring (bicyclic) bond motifs is 1. The Labute approximate surface area is 92.4 Å². The van der Waals surface area contributed by atoms with Crippen LogP contribution < -0.4 is 0 Å². The molecule has 1 heterocycles. The fourth-order valence-electron chi connectivity index (χ4n) is 0.875. The Hall–Kier alpha value is -0.140. The maximum absolute atomic E-state index is 13.2. The van der Waals surface area contributed by atoms with E-state index in [1.54, 1.807) is 0 Å². The molecule has 0 spiro atoms. The topological polar surface area (TPSA) is 25.8 Å². The molecule has 0 bridgehead atoms. The molecule has 7 heteroatoms. The van der Waals surface area contributed by atoms with E-state index in [2.05, 4.69) is 41.4 Å². The minimum Gasteiger partial charge on any atom is -0.202 e. The molecule has 2 nitrogen and oxygen atoms in total. The third-order valence-corrected chi connectivity index (χ3v) is 4.55. The highest BCUT2D eigenvalue weighted by Gasteiger charge is 2.19. The van der Waals surface area contributed by atoms with Gasteiger partial charge in [0.15, 0.2) is 11.6 Å². The fraction of sp³-hybridized carbons (Fsp3) is 0. The molecular weight excluding hydrogens is 330 g/mol. The minimum atomic E-state index is -0.973. The van der Waals surface area contributed by atoms with Crippen LogP contribution in [0.2, 0.25) is 0 Å². The van der Waals surface area contributed by atoms with E-state index >= 15 is 0 Å². The molecule has 2 aromatic rings. The Bertz CT molecular complexity index is 443. The molecule has 1 aromatic heterocycles. The number of halogens is 4. The zero-order chi connectivity index (χ0) is 9.59. The van der Waals surface area contributed by atoms with Crippen molar-refractivity contribution in [2.45, 2.75) is 0 Å². The predicted octanol–water partition coefficient (Wildman–Crippen LogP) is 3.49. The highest BCUT2D eigenvalue weighted by atomic mass is 79.9. The number of benzene rings is 1. The van der Waals surface area contributed by atoms with Crippen LogP contribution >= 0.6 is 43.4 Å². The number of nitrogens with zero attached hydrogens (tertiary/aromatic N) is 2. The summed E-state index contributed by atoms with van der Waals surface area (Å²) in [6.07, 6.45) is 0. The van der Waals surface area contributed by atoms with E-state index in [-0.39, 0.29) is 9.99 Å². The van der Waals surface area contributed by atoms with Gasteiger partial charge in [-0.05, 0) is 43.4 Å². The molecule has 0 aliphatic heterocycles. The largest absolute Gasteiger partial charge is 0.202 e. The van der Waals surface area contributed by atoms with E-state index in [9.17, 15) is 8.78 Å². The van der Waals surface area contributed by atoms with Crippen molar-refractivity contribution in [1.29, 1.82) is 0 Å². The summed E-state index contributed by atoms with van der Waals surface area (Å²) in [6, 6.07) is 0. The molecule has 0 unspecified atom stereocenters. The van der Waals surface area contributed by atoms with Crippen molar-refractivity contribution < 1.29 is 8.78 Å². The van der Waals surface area contributed by atoms with Crippen LogP contribution in [0, 0.1) is 11.6 Å². The predicted molar refractivity (Wildman–Crippen MR) is 52.7 cm³/mol. The Kier molecular flexibility index (Phi) is 2.33. The van der Waals surface area contributed by atoms with Gasteiger partial charge in [0, 0.05) is 0 Å². The van der Waals surface area contributed by atoms with E-state index in [1.165, 1.54) is 0 Å². The van der Waals surface area contributed by atoms with Crippen molar-refractivity contribution in [3.63, 3.8) is 0 Å². The van der Waals surface area contributed by atoms with Gasteiger partial charge >= 0.3 is 0 Å². The standard InChI is InChI=1S/C6Br2F2N2S/c7-1-2(8)6-5(11-12-13-6)4(10)3(1)9. The number of hydrogen-bond donors (Lipinski definition) is 0. The van der Waals surface area contributed by atoms with Crippen LogP contribution in [0.5, 0.6) is 0 Å². The fourth-order valence-corrected chi connectivity index (χ4v) is 2.56. The number of aromatic nitrogens is 2. The molecular formula is C6Br2F2N2S. The average Bonchev–Trinajstić information content (AvgIpc) is 2.59. The summed E-state index contributed by atoms with van der Waals surface area (Å²) in [6.45, 7) is 0. The lowest BCUT2D eigenvalue weighted by Gasteiger charge is -1.99. The molecule has 1 aromatic carbocycles. The Morgan fingerprint density at radius 3 is 2.46 bits per heavy atom. The van der Waals surface area contributed by atoms with Crippen LogP contribution in [0.25, 0.3) is 10.2 Å². The van der Waals surface area contributed by atoms with E-state index < -0.39 is 11.6 Å². The zero-order valence-electron chi connectivity index (χ0n) is 5.81. The van der Waals surface area contributed by atoms with Gasteiger partial charge in [0.2, 0.25) is 0 Å². The van der Waals surface area contributed by atoms with Crippen LogP contribution in [-0.2, 0) is 0 Å². The van der Waals surface area contributed by atoms with Gasteiger partial charge in [-0.1, -0.05) is 4.49 Å². The van der Waals surface area contributed by atoms with Gasteiger partial charge in [-0.3, -0.25) is 0 Å². The molecule has 0 amide bonds. The molecule has 0 atom stereocenters. The lowest BCUT2D eigenvalue weighted by Crippen LogP contribution is -1.89. The van der Waals surface area contributed by atoms with E-state index in [0.29, 0.717) is 9.17 Å². The van der Waals surface area contributed by atoms with Gasteiger partial charge in [0.05, 0.1) is 13.6 Å². The van der Waals surface area contributed by atoms with Crippen LogP contribution in [0.15, 0.2) is 8.95 Å². The lowest BCUT2D eigenvalue weighted by atomic mass is 10.3. The Balaban J connectivity index is 3.02. The van der Waals surface area contributed by atoms with E-state index in [1.807, 2.05) is 0 Å². The first-order valence-electron chi connectivity index (χ1n) is 3.07. The van der Waals surface area contributed by atoms with Crippen molar-refractivity contribution in [2.75, 3.05) is 0 Å². The van der Waals surface area contributed by atoms with Gasteiger partial charge in [-0.15, -0.1) is 5.10 Å².